The number of likely N-dealkylation sites (tertiary alicyclic amines) is 2. The van der Waals surface area contributed by atoms with Crippen LogP contribution in [0.2, 0.25) is 0 Å². The molecule has 3 aliphatic rings. The van der Waals surface area contributed by atoms with Gasteiger partial charge in [-0.1, -0.05) is 30.3 Å². The first-order chi connectivity index (χ1) is 13.7. The topological polar surface area (TPSA) is 32.8 Å². The Bertz CT molecular complexity index is 609. The largest absolute Gasteiger partial charge is 0.375 e. The van der Waals surface area contributed by atoms with Crippen molar-refractivity contribution in [2.45, 2.75) is 63.4 Å². The summed E-state index contributed by atoms with van der Waals surface area (Å²) >= 11 is 0. The Kier molecular flexibility index (Phi) is 6.69. The molecule has 4 nitrogen and oxygen atoms in total. The molecule has 28 heavy (non-hydrogen) atoms. The van der Waals surface area contributed by atoms with E-state index in [1.54, 1.807) is 0 Å². The molecule has 0 bridgehead atoms. The SMILES string of the molecule is O=C(C1CCN(CCCc2ccccc2)CC1)N1CCC2(CCCCO2)CC1. The number of hydrogen-bond donors (Lipinski definition) is 0. The third-order valence-electron chi connectivity index (χ3n) is 7.14. The highest BCUT2D eigenvalue weighted by atomic mass is 16.5. The highest BCUT2D eigenvalue weighted by molar-refractivity contribution is 5.79. The van der Waals surface area contributed by atoms with Gasteiger partial charge in [-0.2, -0.15) is 0 Å². The third kappa shape index (κ3) is 4.96. The molecule has 3 saturated heterocycles. The van der Waals surface area contributed by atoms with Crippen molar-refractivity contribution >= 4 is 5.91 Å². The fourth-order valence-electron chi connectivity index (χ4n) is 5.25. The summed E-state index contributed by atoms with van der Waals surface area (Å²) in [6.07, 6.45) is 10.2. The quantitative estimate of drug-likeness (QED) is 0.772. The van der Waals surface area contributed by atoms with E-state index in [4.69, 9.17) is 4.74 Å². The van der Waals surface area contributed by atoms with E-state index in [-0.39, 0.29) is 11.5 Å². The average molecular weight is 385 g/mol. The Morgan fingerprint density at radius 2 is 1.75 bits per heavy atom. The Labute approximate surface area is 170 Å². The lowest BCUT2D eigenvalue weighted by molar-refractivity contribution is -0.147. The predicted molar refractivity (Wildman–Crippen MR) is 112 cm³/mol. The van der Waals surface area contributed by atoms with Gasteiger partial charge in [-0.15, -0.1) is 0 Å². The van der Waals surface area contributed by atoms with Gasteiger partial charge in [0.15, 0.2) is 0 Å². The van der Waals surface area contributed by atoms with Gasteiger partial charge in [0.25, 0.3) is 0 Å². The number of ether oxygens (including phenoxy) is 1. The van der Waals surface area contributed by atoms with Crippen molar-refractivity contribution in [2.24, 2.45) is 5.92 Å². The molecule has 0 N–H and O–H groups in total. The lowest BCUT2D eigenvalue weighted by Gasteiger charge is -2.45. The fraction of sp³-hybridized carbons (Fsp3) is 0.708. The van der Waals surface area contributed by atoms with Crippen LogP contribution in [0.4, 0.5) is 0 Å². The molecule has 0 radical (unpaired) electrons. The number of carbonyl (C=O) groups is 1. The molecule has 0 atom stereocenters. The van der Waals surface area contributed by atoms with Crippen LogP contribution in [0.5, 0.6) is 0 Å². The lowest BCUT2D eigenvalue weighted by Crippen LogP contribution is -2.51. The molecule has 1 aromatic rings. The van der Waals surface area contributed by atoms with Crippen LogP contribution in [-0.2, 0) is 16.0 Å². The first-order valence-corrected chi connectivity index (χ1v) is 11.4. The van der Waals surface area contributed by atoms with Gasteiger partial charge in [0.2, 0.25) is 5.91 Å². The van der Waals surface area contributed by atoms with E-state index in [1.807, 2.05) is 0 Å². The van der Waals surface area contributed by atoms with Gasteiger partial charge < -0.3 is 14.5 Å². The Morgan fingerprint density at radius 3 is 2.43 bits per heavy atom. The maximum Gasteiger partial charge on any atom is 0.225 e. The summed E-state index contributed by atoms with van der Waals surface area (Å²) in [5, 5.41) is 0. The molecule has 0 unspecified atom stereocenters. The van der Waals surface area contributed by atoms with E-state index in [1.165, 1.54) is 31.2 Å². The van der Waals surface area contributed by atoms with Crippen LogP contribution in [0.25, 0.3) is 0 Å². The van der Waals surface area contributed by atoms with Crippen molar-refractivity contribution in [3.8, 4) is 0 Å². The van der Waals surface area contributed by atoms with E-state index in [0.717, 1.165) is 71.4 Å². The molecule has 1 spiro atoms. The number of nitrogens with zero attached hydrogens (tertiary/aromatic N) is 2. The maximum atomic E-state index is 13.0. The summed E-state index contributed by atoms with van der Waals surface area (Å²) in [6, 6.07) is 10.7. The van der Waals surface area contributed by atoms with E-state index < -0.39 is 0 Å². The third-order valence-corrected chi connectivity index (χ3v) is 7.14. The summed E-state index contributed by atoms with van der Waals surface area (Å²) in [5.41, 5.74) is 1.52. The lowest BCUT2D eigenvalue weighted by atomic mass is 9.84. The van der Waals surface area contributed by atoms with Crippen molar-refractivity contribution < 1.29 is 9.53 Å². The zero-order valence-corrected chi connectivity index (χ0v) is 17.3. The molecule has 4 rings (SSSR count). The monoisotopic (exact) mass is 384 g/mol. The summed E-state index contributed by atoms with van der Waals surface area (Å²) in [4.78, 5) is 17.7. The van der Waals surface area contributed by atoms with Crippen molar-refractivity contribution in [3.05, 3.63) is 35.9 Å². The van der Waals surface area contributed by atoms with Crippen LogP contribution < -0.4 is 0 Å². The molecule has 3 heterocycles. The van der Waals surface area contributed by atoms with Gasteiger partial charge in [-0.05, 0) is 83.0 Å². The Morgan fingerprint density at radius 1 is 1.00 bits per heavy atom. The van der Waals surface area contributed by atoms with Crippen LogP contribution in [0, 0.1) is 5.92 Å². The second-order valence-corrected chi connectivity index (χ2v) is 9.02. The second kappa shape index (κ2) is 9.41. The number of rotatable bonds is 5. The van der Waals surface area contributed by atoms with E-state index in [2.05, 4.69) is 40.1 Å². The average Bonchev–Trinajstić information content (AvgIpc) is 2.76. The molecule has 0 aliphatic carbocycles. The zero-order chi connectivity index (χ0) is 19.2. The fourth-order valence-corrected chi connectivity index (χ4v) is 5.25. The Hall–Kier alpha value is -1.39. The summed E-state index contributed by atoms with van der Waals surface area (Å²) in [7, 11) is 0. The first kappa shape index (κ1) is 19.9. The van der Waals surface area contributed by atoms with Crippen molar-refractivity contribution in [1.82, 2.24) is 9.80 Å². The normalized spacial score (nSPS) is 23.8. The van der Waals surface area contributed by atoms with Crippen molar-refractivity contribution in [3.63, 3.8) is 0 Å². The minimum Gasteiger partial charge on any atom is -0.375 e. The number of piperidine rings is 2. The molecule has 154 valence electrons. The van der Waals surface area contributed by atoms with E-state index in [0.29, 0.717) is 5.91 Å². The van der Waals surface area contributed by atoms with Gasteiger partial charge in [-0.25, -0.2) is 0 Å². The van der Waals surface area contributed by atoms with E-state index >= 15 is 0 Å². The molecule has 3 fully saturated rings. The molecule has 0 aromatic heterocycles. The highest BCUT2D eigenvalue weighted by Crippen LogP contribution is 2.35. The predicted octanol–water partition coefficient (Wildman–Crippen LogP) is 3.89. The molecular formula is C24H36N2O2. The minimum absolute atomic E-state index is 0.0944. The standard InChI is InChI=1S/C24H36N2O2/c27-23(26-18-13-24(14-19-26)12-4-5-20-28-24)22-10-16-25(17-11-22)15-6-9-21-7-2-1-3-8-21/h1-3,7-8,22H,4-6,9-20H2. The van der Waals surface area contributed by atoms with Gasteiger partial charge in [0, 0.05) is 25.6 Å². The number of aryl methyl sites for hydroxylation is 1. The van der Waals surface area contributed by atoms with E-state index in [9.17, 15) is 4.79 Å². The van der Waals surface area contributed by atoms with Gasteiger partial charge in [-0.3, -0.25) is 4.79 Å². The molecular weight excluding hydrogens is 348 g/mol. The summed E-state index contributed by atoms with van der Waals surface area (Å²) < 4.78 is 6.12. The van der Waals surface area contributed by atoms with Crippen LogP contribution in [-0.4, -0.2) is 60.6 Å². The van der Waals surface area contributed by atoms with Crippen LogP contribution in [0.1, 0.15) is 56.9 Å². The van der Waals surface area contributed by atoms with Crippen LogP contribution >= 0.6 is 0 Å². The number of amides is 1. The molecule has 1 aromatic carbocycles. The molecule has 0 saturated carbocycles. The van der Waals surface area contributed by atoms with Gasteiger partial charge in [0.1, 0.15) is 0 Å². The minimum atomic E-state index is 0.0944. The molecule has 3 aliphatic heterocycles. The number of hydrogen-bond acceptors (Lipinski definition) is 3. The second-order valence-electron chi connectivity index (χ2n) is 9.02. The van der Waals surface area contributed by atoms with Gasteiger partial charge in [0.05, 0.1) is 5.60 Å². The van der Waals surface area contributed by atoms with Gasteiger partial charge >= 0.3 is 0 Å². The van der Waals surface area contributed by atoms with Crippen molar-refractivity contribution in [2.75, 3.05) is 39.3 Å². The highest BCUT2D eigenvalue weighted by Gasteiger charge is 2.39. The van der Waals surface area contributed by atoms with Crippen LogP contribution in [0.15, 0.2) is 30.3 Å². The van der Waals surface area contributed by atoms with Crippen LogP contribution in [0.3, 0.4) is 0 Å². The number of benzene rings is 1. The number of carbonyl (C=O) groups excluding carboxylic acids is 1. The Balaban J connectivity index is 1.16. The zero-order valence-electron chi connectivity index (χ0n) is 17.3. The smallest absolute Gasteiger partial charge is 0.225 e. The maximum absolute atomic E-state index is 13.0. The molecule has 1 amide bonds. The van der Waals surface area contributed by atoms with Crippen molar-refractivity contribution in [1.29, 1.82) is 0 Å². The summed E-state index contributed by atoms with van der Waals surface area (Å²) in [5.74, 6) is 0.654. The first-order valence-electron chi connectivity index (χ1n) is 11.4. The summed E-state index contributed by atoms with van der Waals surface area (Å²) in [6.45, 7) is 6.01. The molecule has 4 heteroatoms.